The van der Waals surface area contributed by atoms with Gasteiger partial charge in [0.1, 0.15) is 5.69 Å². The Balaban J connectivity index is 2.10. The number of aromatic nitrogens is 3. The first kappa shape index (κ1) is 13.3. The van der Waals surface area contributed by atoms with E-state index in [4.69, 9.17) is 0 Å². The molecule has 1 aromatic heterocycles. The number of hydrogen-bond donors (Lipinski definition) is 0. The van der Waals surface area contributed by atoms with Gasteiger partial charge in [0.25, 0.3) is 0 Å². The predicted octanol–water partition coefficient (Wildman–Crippen LogP) is 2.26. The fourth-order valence-corrected chi connectivity index (χ4v) is 1.56. The molecule has 0 N–H and O–H groups in total. The van der Waals surface area contributed by atoms with Crippen molar-refractivity contribution < 1.29 is 18.0 Å². The molecular weight excluding hydrogens is 259 g/mol. The van der Waals surface area contributed by atoms with Crippen LogP contribution < -0.4 is 0 Å². The number of nitrogens with zero attached hydrogens (tertiary/aromatic N) is 3. The highest BCUT2D eigenvalue weighted by Gasteiger charge is 2.30. The Labute approximate surface area is 106 Å². The van der Waals surface area contributed by atoms with Crippen molar-refractivity contribution >= 4 is 5.78 Å². The molecule has 4 nitrogen and oxygen atoms in total. The summed E-state index contributed by atoms with van der Waals surface area (Å²) in [6.07, 6.45) is -3.04. The second-order valence-corrected chi connectivity index (χ2v) is 4.01. The number of alkyl halides is 3. The number of benzene rings is 1. The Morgan fingerprint density at radius 3 is 2.37 bits per heavy atom. The van der Waals surface area contributed by atoms with Crippen LogP contribution in [0.25, 0.3) is 0 Å². The number of Topliss-reactive ketones (excluding diaryl/α,β-unsaturated/α-hetero) is 1. The van der Waals surface area contributed by atoms with Crippen molar-refractivity contribution in [2.45, 2.75) is 12.6 Å². The van der Waals surface area contributed by atoms with Crippen LogP contribution in [-0.2, 0) is 19.6 Å². The molecule has 19 heavy (non-hydrogen) atoms. The van der Waals surface area contributed by atoms with Crippen LogP contribution >= 0.6 is 0 Å². The van der Waals surface area contributed by atoms with Crippen LogP contribution in [0.2, 0.25) is 0 Å². The van der Waals surface area contributed by atoms with E-state index in [0.717, 1.165) is 12.1 Å². The zero-order valence-corrected chi connectivity index (χ0v) is 9.98. The van der Waals surface area contributed by atoms with Gasteiger partial charge < -0.3 is 0 Å². The van der Waals surface area contributed by atoms with Crippen molar-refractivity contribution in [2.24, 2.45) is 7.05 Å². The zero-order valence-electron chi connectivity index (χ0n) is 9.98. The third-order valence-corrected chi connectivity index (χ3v) is 2.53. The Kier molecular flexibility index (Phi) is 3.37. The molecule has 2 rings (SSSR count). The molecule has 0 bridgehead atoms. The first-order chi connectivity index (χ1) is 8.86. The van der Waals surface area contributed by atoms with Gasteiger partial charge in [-0.15, -0.1) is 0 Å². The molecule has 100 valence electrons. The number of carbonyl (C=O) groups excluding carboxylic acids is 1. The third-order valence-electron chi connectivity index (χ3n) is 2.53. The second kappa shape index (κ2) is 4.83. The summed E-state index contributed by atoms with van der Waals surface area (Å²) < 4.78 is 37.1. The van der Waals surface area contributed by atoms with Gasteiger partial charge in [-0.25, -0.2) is 0 Å². The summed E-state index contributed by atoms with van der Waals surface area (Å²) in [6, 6.07) is 4.49. The van der Waals surface area contributed by atoms with Crippen LogP contribution in [-0.4, -0.2) is 20.8 Å². The van der Waals surface area contributed by atoms with Gasteiger partial charge in [-0.2, -0.15) is 28.2 Å². The molecule has 0 aliphatic carbocycles. The molecule has 0 aliphatic heterocycles. The van der Waals surface area contributed by atoms with Gasteiger partial charge in [0, 0.05) is 13.5 Å². The van der Waals surface area contributed by atoms with Gasteiger partial charge in [-0.05, 0) is 17.7 Å². The van der Waals surface area contributed by atoms with Crippen LogP contribution in [0.4, 0.5) is 13.2 Å². The molecule has 1 aromatic carbocycles. The van der Waals surface area contributed by atoms with E-state index in [0.29, 0.717) is 5.56 Å². The minimum Gasteiger partial charge on any atom is -0.292 e. The third kappa shape index (κ3) is 3.18. The molecule has 1 heterocycles. The topological polar surface area (TPSA) is 47.8 Å². The van der Waals surface area contributed by atoms with Crippen LogP contribution in [0.15, 0.2) is 30.5 Å². The quantitative estimate of drug-likeness (QED) is 0.803. The maximum absolute atomic E-state index is 12.4. The Bertz CT molecular complexity index is 587. The fraction of sp³-hybridized carbons (Fsp3) is 0.250. The smallest absolute Gasteiger partial charge is 0.292 e. The highest BCUT2D eigenvalue weighted by atomic mass is 19.4. The molecule has 0 radical (unpaired) electrons. The summed E-state index contributed by atoms with van der Waals surface area (Å²) >= 11 is 0. The van der Waals surface area contributed by atoms with Crippen molar-refractivity contribution in [3.05, 3.63) is 47.3 Å². The Morgan fingerprint density at radius 2 is 1.89 bits per heavy atom. The lowest BCUT2D eigenvalue weighted by Gasteiger charge is -2.06. The van der Waals surface area contributed by atoms with E-state index in [2.05, 4.69) is 10.2 Å². The number of rotatable bonds is 3. The van der Waals surface area contributed by atoms with Crippen LogP contribution in [0.3, 0.4) is 0 Å². The molecule has 0 saturated heterocycles. The molecule has 0 amide bonds. The van der Waals surface area contributed by atoms with Gasteiger partial charge in [-0.1, -0.05) is 12.1 Å². The first-order valence-corrected chi connectivity index (χ1v) is 5.42. The van der Waals surface area contributed by atoms with Gasteiger partial charge in [-0.3, -0.25) is 4.79 Å². The van der Waals surface area contributed by atoms with Crippen LogP contribution in [0.1, 0.15) is 21.6 Å². The first-order valence-electron chi connectivity index (χ1n) is 5.42. The summed E-state index contributed by atoms with van der Waals surface area (Å²) in [7, 11) is 1.58. The van der Waals surface area contributed by atoms with Gasteiger partial charge in [0.05, 0.1) is 11.8 Å². The minimum atomic E-state index is -4.37. The zero-order chi connectivity index (χ0) is 14.0. The van der Waals surface area contributed by atoms with E-state index in [1.54, 1.807) is 7.05 Å². The molecule has 0 atom stereocenters. The lowest BCUT2D eigenvalue weighted by Crippen LogP contribution is -2.07. The standard InChI is InChI=1S/C12H10F3N3O/c1-18-16-7-10(17-18)11(19)6-8-2-4-9(5-3-8)12(13,14)15/h2-5,7H,6H2,1H3. The largest absolute Gasteiger partial charge is 0.416 e. The van der Waals surface area contributed by atoms with Crippen LogP contribution in [0.5, 0.6) is 0 Å². The summed E-state index contributed by atoms with van der Waals surface area (Å²) in [5.74, 6) is -0.284. The van der Waals surface area contributed by atoms with Gasteiger partial charge in [0.15, 0.2) is 5.78 Å². The lowest BCUT2D eigenvalue weighted by molar-refractivity contribution is -0.137. The van der Waals surface area contributed by atoms with E-state index in [-0.39, 0.29) is 17.9 Å². The van der Waals surface area contributed by atoms with E-state index < -0.39 is 11.7 Å². The fourth-order valence-electron chi connectivity index (χ4n) is 1.56. The predicted molar refractivity (Wildman–Crippen MR) is 60.5 cm³/mol. The molecule has 0 aliphatic rings. The molecule has 0 saturated carbocycles. The highest BCUT2D eigenvalue weighted by molar-refractivity contribution is 5.95. The van der Waals surface area contributed by atoms with Crippen molar-refractivity contribution in [1.82, 2.24) is 15.0 Å². The van der Waals surface area contributed by atoms with E-state index in [1.807, 2.05) is 0 Å². The molecular formula is C12H10F3N3O. The van der Waals surface area contributed by atoms with Crippen molar-refractivity contribution in [1.29, 1.82) is 0 Å². The molecule has 0 spiro atoms. The van der Waals surface area contributed by atoms with Crippen LogP contribution in [0, 0.1) is 0 Å². The van der Waals surface area contributed by atoms with Crippen molar-refractivity contribution in [3.63, 3.8) is 0 Å². The SMILES string of the molecule is Cn1ncc(C(=O)Cc2ccc(C(F)(F)F)cc2)n1. The average Bonchev–Trinajstić information content (AvgIpc) is 2.75. The number of carbonyl (C=O) groups is 1. The molecule has 2 aromatic rings. The molecule has 0 unspecified atom stereocenters. The van der Waals surface area contributed by atoms with Gasteiger partial charge >= 0.3 is 6.18 Å². The summed E-state index contributed by atoms with van der Waals surface area (Å²) in [5.41, 5.74) is -0.0331. The average molecular weight is 269 g/mol. The monoisotopic (exact) mass is 269 g/mol. The Hall–Kier alpha value is -2.18. The second-order valence-electron chi connectivity index (χ2n) is 4.01. The normalized spacial score (nSPS) is 11.6. The maximum atomic E-state index is 12.4. The number of aryl methyl sites for hydroxylation is 1. The van der Waals surface area contributed by atoms with E-state index in [1.165, 1.54) is 23.1 Å². The lowest BCUT2D eigenvalue weighted by atomic mass is 10.1. The van der Waals surface area contributed by atoms with Gasteiger partial charge in [0.2, 0.25) is 0 Å². The Morgan fingerprint density at radius 1 is 1.26 bits per heavy atom. The molecule has 0 fully saturated rings. The summed E-state index contributed by atoms with van der Waals surface area (Å²) in [4.78, 5) is 13.0. The van der Waals surface area contributed by atoms with E-state index in [9.17, 15) is 18.0 Å². The number of ketones is 1. The minimum absolute atomic E-state index is 0.00314. The van der Waals surface area contributed by atoms with Crippen molar-refractivity contribution in [2.75, 3.05) is 0 Å². The van der Waals surface area contributed by atoms with Crippen molar-refractivity contribution in [3.8, 4) is 0 Å². The summed E-state index contributed by atoms with van der Waals surface area (Å²) in [5, 5.41) is 7.60. The summed E-state index contributed by atoms with van der Waals surface area (Å²) in [6.45, 7) is 0. The number of hydrogen-bond acceptors (Lipinski definition) is 3. The van der Waals surface area contributed by atoms with E-state index >= 15 is 0 Å². The maximum Gasteiger partial charge on any atom is 0.416 e. The molecule has 7 heteroatoms. The highest BCUT2D eigenvalue weighted by Crippen LogP contribution is 2.29. The number of halogens is 3.